The van der Waals surface area contributed by atoms with Crippen LogP contribution in [-0.2, 0) is 9.59 Å². The molecule has 1 fully saturated rings. The van der Waals surface area contributed by atoms with Crippen molar-refractivity contribution in [3.8, 4) is 5.75 Å². The molecule has 2 N–H and O–H groups in total. The lowest BCUT2D eigenvalue weighted by molar-refractivity contribution is -0.127. The number of nitrogens with zero attached hydrogens (tertiary/aromatic N) is 1. The van der Waals surface area contributed by atoms with Crippen molar-refractivity contribution in [2.24, 2.45) is 0 Å². The Morgan fingerprint density at radius 1 is 1.22 bits per heavy atom. The van der Waals surface area contributed by atoms with Crippen LogP contribution in [0.1, 0.15) is 5.56 Å². The predicted molar refractivity (Wildman–Crippen MR) is 104 cm³/mol. The molecule has 0 aliphatic carbocycles. The molecular formula is C18H12BrFN2O4S. The lowest BCUT2D eigenvalue weighted by atomic mass is 10.2. The molecule has 138 valence electrons. The molecule has 0 atom stereocenters. The number of carbonyl (C=O) groups excluding carboxylic acids is 3. The van der Waals surface area contributed by atoms with Crippen LogP contribution >= 0.6 is 27.7 Å². The molecule has 0 saturated carbocycles. The third-order valence-corrected chi connectivity index (χ3v) is 5.12. The topological polar surface area (TPSA) is 86.7 Å². The Balaban J connectivity index is 1.70. The monoisotopic (exact) mass is 450 g/mol. The van der Waals surface area contributed by atoms with E-state index in [0.717, 1.165) is 16.7 Å². The summed E-state index contributed by atoms with van der Waals surface area (Å²) in [6, 6.07) is 9.78. The SMILES string of the molecule is O=C(CN1C(=O)S/C(=C\c2ccc(O)c(Br)c2)C1=O)Nc1ccc(F)cc1. The van der Waals surface area contributed by atoms with Gasteiger partial charge in [0.1, 0.15) is 18.1 Å². The zero-order valence-corrected chi connectivity index (χ0v) is 16.0. The summed E-state index contributed by atoms with van der Waals surface area (Å²) < 4.78 is 13.3. The minimum atomic E-state index is -0.580. The highest BCUT2D eigenvalue weighted by Gasteiger charge is 2.36. The average Bonchev–Trinajstić information content (AvgIpc) is 2.87. The number of nitrogens with one attached hydrogen (secondary N) is 1. The Morgan fingerprint density at radius 2 is 1.93 bits per heavy atom. The molecule has 0 spiro atoms. The van der Waals surface area contributed by atoms with Crippen molar-refractivity contribution in [1.82, 2.24) is 4.90 Å². The maximum atomic E-state index is 12.9. The molecule has 1 aliphatic rings. The standard InChI is InChI=1S/C18H12BrFN2O4S/c19-13-7-10(1-6-14(13)23)8-15-17(25)22(18(26)27-15)9-16(24)21-12-4-2-11(20)3-5-12/h1-8,23H,9H2,(H,21,24)/b15-8-. The van der Waals surface area contributed by atoms with Crippen LogP contribution in [-0.4, -0.2) is 33.6 Å². The Kier molecular flexibility index (Phi) is 5.62. The molecule has 2 aromatic carbocycles. The van der Waals surface area contributed by atoms with Crippen LogP contribution in [0.3, 0.4) is 0 Å². The van der Waals surface area contributed by atoms with Crippen LogP contribution in [0.4, 0.5) is 14.9 Å². The number of hydrogen-bond acceptors (Lipinski definition) is 5. The fourth-order valence-corrected chi connectivity index (χ4v) is 3.51. The summed E-state index contributed by atoms with van der Waals surface area (Å²) in [6.45, 7) is -0.446. The number of hydrogen-bond donors (Lipinski definition) is 2. The number of thioether (sulfide) groups is 1. The predicted octanol–water partition coefficient (Wildman–Crippen LogP) is 3.97. The number of phenolic OH excluding ortho intramolecular Hbond substituents is 1. The van der Waals surface area contributed by atoms with E-state index in [2.05, 4.69) is 21.2 Å². The molecule has 1 heterocycles. The van der Waals surface area contributed by atoms with E-state index in [1.54, 1.807) is 12.1 Å². The van der Waals surface area contributed by atoms with Crippen LogP contribution in [0.15, 0.2) is 51.8 Å². The van der Waals surface area contributed by atoms with Crippen LogP contribution < -0.4 is 5.32 Å². The molecular weight excluding hydrogens is 439 g/mol. The first-order chi connectivity index (χ1) is 12.8. The van der Waals surface area contributed by atoms with Crippen molar-refractivity contribution in [2.75, 3.05) is 11.9 Å². The second kappa shape index (κ2) is 7.93. The Hall–Kier alpha value is -2.65. The van der Waals surface area contributed by atoms with E-state index in [1.807, 2.05) is 0 Å². The minimum Gasteiger partial charge on any atom is -0.507 e. The van der Waals surface area contributed by atoms with E-state index < -0.39 is 29.4 Å². The first kappa shape index (κ1) is 19.1. The molecule has 9 heteroatoms. The lowest BCUT2D eigenvalue weighted by Gasteiger charge is -2.12. The number of carbonyl (C=O) groups is 3. The molecule has 0 unspecified atom stereocenters. The highest BCUT2D eigenvalue weighted by molar-refractivity contribution is 9.10. The van der Waals surface area contributed by atoms with Gasteiger partial charge in [0, 0.05) is 5.69 Å². The number of aromatic hydroxyl groups is 1. The highest BCUT2D eigenvalue weighted by Crippen LogP contribution is 2.33. The van der Waals surface area contributed by atoms with Crippen molar-refractivity contribution in [2.45, 2.75) is 0 Å². The van der Waals surface area contributed by atoms with Gasteiger partial charge in [-0.05, 0) is 75.7 Å². The second-order valence-corrected chi connectivity index (χ2v) is 7.38. The third-order valence-electron chi connectivity index (χ3n) is 3.57. The Morgan fingerprint density at radius 3 is 2.59 bits per heavy atom. The fourth-order valence-electron chi connectivity index (χ4n) is 2.28. The van der Waals surface area contributed by atoms with Crippen molar-refractivity contribution < 1.29 is 23.9 Å². The van der Waals surface area contributed by atoms with Gasteiger partial charge in [-0.3, -0.25) is 19.3 Å². The van der Waals surface area contributed by atoms with Crippen molar-refractivity contribution >= 4 is 56.5 Å². The van der Waals surface area contributed by atoms with Crippen LogP contribution in [0.5, 0.6) is 5.75 Å². The molecule has 0 bridgehead atoms. The molecule has 1 saturated heterocycles. The maximum absolute atomic E-state index is 12.9. The average molecular weight is 451 g/mol. The number of rotatable bonds is 4. The van der Waals surface area contributed by atoms with E-state index in [4.69, 9.17) is 0 Å². The van der Waals surface area contributed by atoms with Crippen molar-refractivity contribution in [3.63, 3.8) is 0 Å². The van der Waals surface area contributed by atoms with E-state index >= 15 is 0 Å². The number of amides is 3. The molecule has 3 amide bonds. The fraction of sp³-hybridized carbons (Fsp3) is 0.0556. The van der Waals surface area contributed by atoms with E-state index in [-0.39, 0.29) is 10.7 Å². The number of halogens is 2. The van der Waals surface area contributed by atoms with E-state index in [0.29, 0.717) is 15.7 Å². The molecule has 3 rings (SSSR count). The van der Waals surface area contributed by atoms with Crippen molar-refractivity contribution in [3.05, 3.63) is 63.2 Å². The van der Waals surface area contributed by atoms with Crippen molar-refractivity contribution in [1.29, 1.82) is 0 Å². The van der Waals surface area contributed by atoms with E-state index in [1.165, 1.54) is 36.4 Å². The van der Waals surface area contributed by atoms with Gasteiger partial charge in [0.2, 0.25) is 5.91 Å². The zero-order chi connectivity index (χ0) is 19.6. The summed E-state index contributed by atoms with van der Waals surface area (Å²) in [4.78, 5) is 37.6. The summed E-state index contributed by atoms with van der Waals surface area (Å²) in [5.41, 5.74) is 0.971. The Labute approximate surface area is 166 Å². The number of phenols is 1. The smallest absolute Gasteiger partial charge is 0.294 e. The van der Waals surface area contributed by atoms with Gasteiger partial charge >= 0.3 is 0 Å². The second-order valence-electron chi connectivity index (χ2n) is 5.53. The number of benzene rings is 2. The first-order valence-corrected chi connectivity index (χ1v) is 9.24. The molecule has 1 aliphatic heterocycles. The van der Waals surface area contributed by atoms with Gasteiger partial charge in [-0.25, -0.2) is 4.39 Å². The van der Waals surface area contributed by atoms with Crippen LogP contribution in [0.25, 0.3) is 6.08 Å². The molecule has 27 heavy (non-hydrogen) atoms. The molecule has 0 aromatic heterocycles. The Bertz CT molecular complexity index is 962. The van der Waals surface area contributed by atoms with Gasteiger partial charge in [0.15, 0.2) is 0 Å². The number of imide groups is 1. The van der Waals surface area contributed by atoms with E-state index in [9.17, 15) is 23.9 Å². The summed E-state index contributed by atoms with van der Waals surface area (Å²) in [5.74, 6) is -1.54. The largest absolute Gasteiger partial charge is 0.507 e. The summed E-state index contributed by atoms with van der Waals surface area (Å²) in [6.07, 6.45) is 1.51. The summed E-state index contributed by atoms with van der Waals surface area (Å²) in [5, 5.41) is 11.5. The zero-order valence-electron chi connectivity index (χ0n) is 13.6. The minimum absolute atomic E-state index is 0.0534. The highest BCUT2D eigenvalue weighted by atomic mass is 79.9. The lowest BCUT2D eigenvalue weighted by Crippen LogP contribution is -2.36. The first-order valence-electron chi connectivity index (χ1n) is 7.63. The normalized spacial score (nSPS) is 15.5. The number of anilines is 1. The van der Waals surface area contributed by atoms with Gasteiger partial charge in [-0.15, -0.1) is 0 Å². The summed E-state index contributed by atoms with van der Waals surface area (Å²) >= 11 is 3.91. The van der Waals surface area contributed by atoms with Gasteiger partial charge < -0.3 is 10.4 Å². The molecule has 6 nitrogen and oxygen atoms in total. The summed E-state index contributed by atoms with van der Waals surface area (Å²) in [7, 11) is 0. The third kappa shape index (κ3) is 4.55. The maximum Gasteiger partial charge on any atom is 0.294 e. The van der Waals surface area contributed by atoms with Crippen LogP contribution in [0, 0.1) is 5.82 Å². The van der Waals surface area contributed by atoms with Gasteiger partial charge in [-0.2, -0.15) is 0 Å². The van der Waals surface area contributed by atoms with Gasteiger partial charge in [-0.1, -0.05) is 6.07 Å². The molecule has 2 aromatic rings. The van der Waals surface area contributed by atoms with Crippen LogP contribution in [0.2, 0.25) is 0 Å². The molecule has 0 radical (unpaired) electrons. The van der Waals surface area contributed by atoms with Gasteiger partial charge in [0.25, 0.3) is 11.1 Å². The van der Waals surface area contributed by atoms with Gasteiger partial charge in [0.05, 0.1) is 9.38 Å². The quantitative estimate of drug-likeness (QED) is 0.688.